The van der Waals surface area contributed by atoms with Crippen molar-refractivity contribution >= 4 is 12.7 Å². The summed E-state index contributed by atoms with van der Waals surface area (Å²) in [7, 11) is -0.782. The van der Waals surface area contributed by atoms with Crippen molar-refractivity contribution in [2.24, 2.45) is 0 Å². The van der Waals surface area contributed by atoms with Gasteiger partial charge in [0.05, 0.1) is 34.2 Å². The van der Waals surface area contributed by atoms with Crippen molar-refractivity contribution in [2.45, 2.75) is 45.1 Å². The Morgan fingerprint density at radius 1 is 0.960 bits per heavy atom. The van der Waals surface area contributed by atoms with E-state index in [2.05, 4.69) is 9.97 Å². The average Bonchev–Trinajstić information content (AvgIpc) is 2.75. The summed E-state index contributed by atoms with van der Waals surface area (Å²) in [6.07, 6.45) is -1.72. The Hall–Kier alpha value is -1.93. The molecule has 1 saturated heterocycles. The minimum Gasteiger partial charge on any atom is -0.398 e. The van der Waals surface area contributed by atoms with Crippen LogP contribution in [0.2, 0.25) is 0 Å². The van der Waals surface area contributed by atoms with Crippen LogP contribution in [0.25, 0.3) is 11.3 Å². The van der Waals surface area contributed by atoms with E-state index < -0.39 is 30.1 Å². The van der Waals surface area contributed by atoms with Crippen LogP contribution < -0.4 is 5.59 Å². The second-order valence-corrected chi connectivity index (χ2v) is 6.96. The molecule has 0 radical (unpaired) electrons. The lowest BCUT2D eigenvalue weighted by Crippen LogP contribution is -2.41. The first-order chi connectivity index (χ1) is 11.5. The van der Waals surface area contributed by atoms with Gasteiger partial charge in [-0.3, -0.25) is 9.97 Å². The highest BCUT2D eigenvalue weighted by molar-refractivity contribution is 6.61. The van der Waals surface area contributed by atoms with Gasteiger partial charge in [-0.25, -0.2) is 0 Å². The van der Waals surface area contributed by atoms with Crippen LogP contribution in [-0.4, -0.2) is 28.3 Å². The first-order valence-corrected chi connectivity index (χ1v) is 7.85. The summed E-state index contributed by atoms with van der Waals surface area (Å²) >= 11 is 0. The third-order valence-electron chi connectivity index (χ3n) is 4.66. The molecule has 2 aromatic rings. The van der Waals surface area contributed by atoms with Crippen molar-refractivity contribution in [2.75, 3.05) is 0 Å². The number of aromatic nitrogens is 2. The second-order valence-electron chi connectivity index (χ2n) is 6.96. The highest BCUT2D eigenvalue weighted by atomic mass is 19.4. The molecule has 0 bridgehead atoms. The van der Waals surface area contributed by atoms with Gasteiger partial charge in [0.25, 0.3) is 0 Å². The van der Waals surface area contributed by atoms with Crippen LogP contribution in [0.4, 0.5) is 13.2 Å². The zero-order chi connectivity index (χ0) is 18.5. The highest BCUT2D eigenvalue weighted by Crippen LogP contribution is 2.37. The maximum atomic E-state index is 13.2. The van der Waals surface area contributed by atoms with E-state index in [0.29, 0.717) is 5.59 Å². The Bertz CT molecular complexity index is 777. The molecule has 4 nitrogen and oxygen atoms in total. The molecule has 0 atom stereocenters. The van der Waals surface area contributed by atoms with E-state index in [1.54, 1.807) is 0 Å². The molecule has 0 aliphatic carbocycles. The van der Waals surface area contributed by atoms with Crippen LogP contribution in [0.3, 0.4) is 0 Å². The van der Waals surface area contributed by atoms with Crippen LogP contribution in [0, 0.1) is 0 Å². The van der Waals surface area contributed by atoms with Gasteiger partial charge in [-0.05, 0) is 33.8 Å². The van der Waals surface area contributed by atoms with Crippen molar-refractivity contribution < 1.29 is 22.5 Å². The minimum absolute atomic E-state index is 0.0270. The summed E-state index contributed by atoms with van der Waals surface area (Å²) in [5, 5.41) is 0. The largest absolute Gasteiger partial charge is 0.516 e. The highest BCUT2D eigenvalue weighted by Gasteiger charge is 2.52. The summed E-state index contributed by atoms with van der Waals surface area (Å²) in [5.41, 5.74) is -1.46. The predicted molar refractivity (Wildman–Crippen MR) is 88.2 cm³/mol. The molecule has 0 spiro atoms. The molecular weight excluding hydrogens is 332 g/mol. The quantitative estimate of drug-likeness (QED) is 0.778. The van der Waals surface area contributed by atoms with Gasteiger partial charge in [0, 0.05) is 11.8 Å². The summed E-state index contributed by atoms with van der Waals surface area (Å²) < 4.78 is 51.5. The third kappa shape index (κ3) is 3.28. The Labute approximate surface area is 144 Å². The Morgan fingerprint density at radius 3 is 2.16 bits per heavy atom. The van der Waals surface area contributed by atoms with E-state index >= 15 is 0 Å². The minimum atomic E-state index is -4.47. The molecule has 0 saturated carbocycles. The maximum Gasteiger partial charge on any atom is 0.516 e. The fourth-order valence-electron chi connectivity index (χ4n) is 2.54. The number of nitrogens with zero attached hydrogens (tertiary/aromatic N) is 2. The van der Waals surface area contributed by atoms with Crippen LogP contribution in [-0.2, 0) is 15.5 Å². The van der Waals surface area contributed by atoms with Crippen LogP contribution in [0.1, 0.15) is 33.3 Å². The molecule has 1 aromatic heterocycles. The topological polar surface area (TPSA) is 44.2 Å². The molecule has 8 heteroatoms. The maximum absolute atomic E-state index is 13.2. The number of halogens is 3. The standard InChI is InChI=1S/C17H18BF3N2O2/c1-15(2)16(3,4)25-18(24-15)14-10-22-9-13(23-14)11-7-5-6-8-12(11)17(19,20)21/h5-10H,1-4H3. The van der Waals surface area contributed by atoms with Crippen molar-refractivity contribution in [3.63, 3.8) is 0 Å². The summed E-state index contributed by atoms with van der Waals surface area (Å²) in [5.74, 6) is 0. The lowest BCUT2D eigenvalue weighted by molar-refractivity contribution is -0.137. The number of benzene rings is 1. The Kier molecular flexibility index (Phi) is 4.16. The van der Waals surface area contributed by atoms with Crippen molar-refractivity contribution in [1.29, 1.82) is 0 Å². The number of rotatable bonds is 2. The van der Waals surface area contributed by atoms with Crippen LogP contribution in [0.5, 0.6) is 0 Å². The first-order valence-electron chi connectivity index (χ1n) is 7.85. The van der Waals surface area contributed by atoms with Crippen molar-refractivity contribution in [1.82, 2.24) is 9.97 Å². The summed E-state index contributed by atoms with van der Waals surface area (Å²) in [6.45, 7) is 7.57. The van der Waals surface area contributed by atoms with E-state index in [1.807, 2.05) is 27.7 Å². The van der Waals surface area contributed by atoms with E-state index in [0.717, 1.165) is 6.07 Å². The number of hydrogen-bond donors (Lipinski definition) is 0. The summed E-state index contributed by atoms with van der Waals surface area (Å²) in [4.78, 5) is 8.35. The van der Waals surface area contributed by atoms with Gasteiger partial charge in [-0.1, -0.05) is 18.2 Å². The summed E-state index contributed by atoms with van der Waals surface area (Å²) in [6, 6.07) is 5.28. The van der Waals surface area contributed by atoms with Gasteiger partial charge in [0.2, 0.25) is 0 Å². The van der Waals surface area contributed by atoms with E-state index in [4.69, 9.17) is 9.31 Å². The van der Waals surface area contributed by atoms with E-state index in [-0.39, 0.29) is 11.3 Å². The van der Waals surface area contributed by atoms with Gasteiger partial charge in [0.1, 0.15) is 0 Å². The number of hydrogen-bond acceptors (Lipinski definition) is 4. The molecule has 3 rings (SSSR count). The van der Waals surface area contributed by atoms with Gasteiger partial charge < -0.3 is 9.31 Å². The molecule has 1 aliphatic rings. The van der Waals surface area contributed by atoms with E-state index in [1.165, 1.54) is 30.6 Å². The normalized spacial score (nSPS) is 19.2. The monoisotopic (exact) mass is 350 g/mol. The zero-order valence-electron chi connectivity index (χ0n) is 14.4. The molecule has 1 aliphatic heterocycles. The van der Waals surface area contributed by atoms with Gasteiger partial charge in [0.15, 0.2) is 0 Å². The second kappa shape index (κ2) is 5.81. The first kappa shape index (κ1) is 17.9. The van der Waals surface area contributed by atoms with Crippen LogP contribution >= 0.6 is 0 Å². The fourth-order valence-corrected chi connectivity index (χ4v) is 2.54. The lowest BCUT2D eigenvalue weighted by Gasteiger charge is -2.32. The SMILES string of the molecule is CC1(C)OB(c2cncc(-c3ccccc3C(F)(F)F)n2)OC1(C)C. The Morgan fingerprint density at radius 2 is 1.56 bits per heavy atom. The van der Waals surface area contributed by atoms with Crippen LogP contribution in [0.15, 0.2) is 36.7 Å². The van der Waals surface area contributed by atoms with Gasteiger partial charge in [-0.15, -0.1) is 0 Å². The molecule has 0 amide bonds. The lowest BCUT2D eigenvalue weighted by atomic mass is 9.85. The third-order valence-corrected chi connectivity index (χ3v) is 4.66. The van der Waals surface area contributed by atoms with Crippen molar-refractivity contribution in [3.05, 3.63) is 42.2 Å². The number of alkyl halides is 3. The molecule has 2 heterocycles. The fraction of sp³-hybridized carbons (Fsp3) is 0.412. The van der Waals surface area contributed by atoms with E-state index in [9.17, 15) is 13.2 Å². The van der Waals surface area contributed by atoms with Crippen molar-refractivity contribution in [3.8, 4) is 11.3 Å². The molecule has 0 unspecified atom stereocenters. The Balaban J connectivity index is 2.00. The molecule has 0 N–H and O–H groups in total. The zero-order valence-corrected chi connectivity index (χ0v) is 14.4. The molecule has 132 valence electrons. The van der Waals surface area contributed by atoms with Gasteiger partial charge >= 0.3 is 13.3 Å². The van der Waals surface area contributed by atoms with Gasteiger partial charge in [-0.2, -0.15) is 13.2 Å². The smallest absolute Gasteiger partial charge is 0.398 e. The molecular formula is C17H18BF3N2O2. The molecule has 1 aromatic carbocycles. The average molecular weight is 350 g/mol. The molecule has 1 fully saturated rings. The predicted octanol–water partition coefficient (Wildman–Crippen LogP) is 3.46. The molecule has 25 heavy (non-hydrogen) atoms.